The van der Waals surface area contributed by atoms with Crippen molar-refractivity contribution in [1.82, 2.24) is 0 Å². The van der Waals surface area contributed by atoms with Gasteiger partial charge in [0, 0.05) is 13.1 Å². The highest BCUT2D eigenvalue weighted by Gasteiger charge is 2.37. The van der Waals surface area contributed by atoms with Gasteiger partial charge in [-0.3, -0.25) is 30.3 Å². The first kappa shape index (κ1) is 21.2. The molecule has 3 aromatic rings. The van der Waals surface area contributed by atoms with Crippen LogP contribution in [-0.4, -0.2) is 14.8 Å². The lowest BCUT2D eigenvalue weighted by Crippen LogP contribution is -2.11. The first-order chi connectivity index (χ1) is 14.9. The van der Waals surface area contributed by atoms with E-state index in [2.05, 4.69) is 10.6 Å². The van der Waals surface area contributed by atoms with E-state index in [1.807, 2.05) is 0 Å². The van der Waals surface area contributed by atoms with E-state index in [0.29, 0.717) is 0 Å². The highest BCUT2D eigenvalue weighted by molar-refractivity contribution is 5.90. The molecule has 0 amide bonds. The van der Waals surface area contributed by atoms with Crippen molar-refractivity contribution < 1.29 is 14.8 Å². The molecule has 0 atom stereocenters. The van der Waals surface area contributed by atoms with Crippen molar-refractivity contribution in [1.29, 1.82) is 0 Å². The maximum absolute atomic E-state index is 11.9. The topological polar surface area (TPSA) is 153 Å². The zero-order valence-corrected chi connectivity index (χ0v) is 16.1. The number of nitrogens with one attached hydrogen (secondary N) is 2. The van der Waals surface area contributed by atoms with Gasteiger partial charge in [-0.2, -0.15) is 0 Å². The average Bonchev–Trinajstić information content (AvgIpc) is 2.76. The van der Waals surface area contributed by atoms with Crippen LogP contribution >= 0.6 is 0 Å². The van der Waals surface area contributed by atoms with Gasteiger partial charge in [0.25, 0.3) is 0 Å². The number of nitro benzene ring substituents is 3. The van der Waals surface area contributed by atoms with Crippen molar-refractivity contribution in [2.24, 2.45) is 0 Å². The van der Waals surface area contributed by atoms with Crippen molar-refractivity contribution in [3.63, 3.8) is 0 Å². The molecule has 0 aliphatic rings. The minimum Gasteiger partial charge on any atom is -0.370 e. The number of benzene rings is 3. The molecule has 31 heavy (non-hydrogen) atoms. The van der Waals surface area contributed by atoms with Crippen molar-refractivity contribution >= 4 is 28.4 Å². The van der Waals surface area contributed by atoms with Crippen LogP contribution in [0, 0.1) is 30.3 Å². The molecule has 0 saturated heterocycles. The van der Waals surface area contributed by atoms with E-state index >= 15 is 0 Å². The summed E-state index contributed by atoms with van der Waals surface area (Å²) in [5, 5.41) is 40.5. The van der Waals surface area contributed by atoms with Crippen LogP contribution in [0.3, 0.4) is 0 Å². The Hall–Kier alpha value is -4.54. The lowest BCUT2D eigenvalue weighted by atomic mass is 10.1. The molecule has 0 fully saturated rings. The lowest BCUT2D eigenvalue weighted by Gasteiger charge is -2.13. The third-order valence-corrected chi connectivity index (χ3v) is 4.46. The van der Waals surface area contributed by atoms with Gasteiger partial charge in [0.05, 0.1) is 20.8 Å². The van der Waals surface area contributed by atoms with E-state index in [1.165, 1.54) is 0 Å². The van der Waals surface area contributed by atoms with E-state index in [1.54, 1.807) is 60.7 Å². The summed E-state index contributed by atoms with van der Waals surface area (Å²) in [4.78, 5) is 32.4. The molecule has 11 nitrogen and oxygen atoms in total. The monoisotopic (exact) mass is 423 g/mol. The second-order valence-electron chi connectivity index (χ2n) is 6.46. The van der Waals surface area contributed by atoms with E-state index in [0.717, 1.165) is 17.2 Å². The first-order valence-electron chi connectivity index (χ1n) is 9.08. The predicted octanol–water partition coefficient (Wildman–Crippen LogP) is 4.64. The maximum atomic E-state index is 11.9. The van der Waals surface area contributed by atoms with Gasteiger partial charge in [0.1, 0.15) is 0 Å². The van der Waals surface area contributed by atoms with Crippen LogP contribution in [0.1, 0.15) is 11.1 Å². The standard InChI is InChI=1S/C20H17N5O6/c26-23(27)16-11-17(24(28)29)19(22-13-15-9-5-2-6-10-15)20(25(30)31)18(16)21-12-14-7-3-1-4-8-14/h1-11,21-22H,12-13H2. The number of hydrogen-bond donors (Lipinski definition) is 2. The Kier molecular flexibility index (Phi) is 6.36. The molecule has 3 aromatic carbocycles. The molecule has 0 heterocycles. The van der Waals surface area contributed by atoms with Crippen LogP contribution in [0.5, 0.6) is 0 Å². The summed E-state index contributed by atoms with van der Waals surface area (Å²) in [6.07, 6.45) is 0. The summed E-state index contributed by atoms with van der Waals surface area (Å²) in [5.74, 6) is 0. The van der Waals surface area contributed by atoms with Gasteiger partial charge in [-0.15, -0.1) is 0 Å². The molecule has 2 N–H and O–H groups in total. The number of anilines is 2. The summed E-state index contributed by atoms with van der Waals surface area (Å²) in [5.41, 5.74) is -1.61. The van der Waals surface area contributed by atoms with Crippen LogP contribution in [0.15, 0.2) is 66.7 Å². The number of rotatable bonds is 9. The van der Waals surface area contributed by atoms with Crippen molar-refractivity contribution in [2.45, 2.75) is 13.1 Å². The van der Waals surface area contributed by atoms with Gasteiger partial charge in [0.15, 0.2) is 11.4 Å². The highest BCUT2D eigenvalue weighted by atomic mass is 16.6. The number of hydrogen-bond acceptors (Lipinski definition) is 8. The second-order valence-corrected chi connectivity index (χ2v) is 6.46. The molecule has 0 aliphatic carbocycles. The maximum Gasteiger partial charge on any atom is 0.329 e. The Balaban J connectivity index is 2.11. The van der Waals surface area contributed by atoms with Crippen molar-refractivity contribution in [3.8, 4) is 0 Å². The SMILES string of the molecule is O=[N+]([O-])c1cc([N+](=O)[O-])c(NCc2ccccc2)c([N+](=O)[O-])c1NCc1ccccc1. The molecular formula is C20H17N5O6. The van der Waals surface area contributed by atoms with Crippen LogP contribution in [0.2, 0.25) is 0 Å². The molecule has 11 heteroatoms. The molecule has 0 aromatic heterocycles. The Labute approximate surface area is 175 Å². The van der Waals surface area contributed by atoms with Gasteiger partial charge in [0.2, 0.25) is 0 Å². The largest absolute Gasteiger partial charge is 0.370 e. The van der Waals surface area contributed by atoms with E-state index in [4.69, 9.17) is 0 Å². The number of nitro groups is 3. The molecule has 0 spiro atoms. The van der Waals surface area contributed by atoms with Crippen LogP contribution in [0.25, 0.3) is 0 Å². The molecule has 0 aliphatic heterocycles. The molecule has 3 rings (SSSR count). The summed E-state index contributed by atoms with van der Waals surface area (Å²) in [6.45, 7) is 0.108. The summed E-state index contributed by atoms with van der Waals surface area (Å²) >= 11 is 0. The van der Waals surface area contributed by atoms with Crippen LogP contribution in [0.4, 0.5) is 28.4 Å². The van der Waals surface area contributed by atoms with Crippen molar-refractivity contribution in [3.05, 3.63) is 108 Å². The number of nitrogens with zero attached hydrogens (tertiary/aromatic N) is 3. The molecule has 0 saturated carbocycles. The first-order valence-corrected chi connectivity index (χ1v) is 9.08. The Morgan fingerprint density at radius 2 is 1.00 bits per heavy atom. The fourth-order valence-corrected chi connectivity index (χ4v) is 3.03. The molecule has 0 unspecified atom stereocenters. The fourth-order valence-electron chi connectivity index (χ4n) is 3.03. The third kappa shape index (κ3) is 4.90. The highest BCUT2D eigenvalue weighted by Crippen LogP contribution is 2.46. The minimum atomic E-state index is -0.881. The van der Waals surface area contributed by atoms with E-state index in [9.17, 15) is 30.3 Å². The Morgan fingerprint density at radius 1 is 0.613 bits per heavy atom. The van der Waals surface area contributed by atoms with Gasteiger partial charge in [-0.25, -0.2) is 0 Å². The second kappa shape index (κ2) is 9.31. The van der Waals surface area contributed by atoms with Crippen LogP contribution < -0.4 is 10.6 Å². The molecular weight excluding hydrogens is 406 g/mol. The van der Waals surface area contributed by atoms with Gasteiger partial charge in [-0.1, -0.05) is 60.7 Å². The third-order valence-electron chi connectivity index (χ3n) is 4.46. The normalized spacial score (nSPS) is 10.3. The van der Waals surface area contributed by atoms with Crippen LogP contribution in [-0.2, 0) is 13.1 Å². The van der Waals surface area contributed by atoms with Gasteiger partial charge in [-0.05, 0) is 11.1 Å². The average molecular weight is 423 g/mol. The summed E-state index contributed by atoms with van der Waals surface area (Å²) in [7, 11) is 0. The van der Waals surface area contributed by atoms with Crippen molar-refractivity contribution in [2.75, 3.05) is 10.6 Å². The Bertz CT molecular complexity index is 1040. The predicted molar refractivity (Wildman–Crippen MR) is 114 cm³/mol. The zero-order chi connectivity index (χ0) is 22.4. The smallest absolute Gasteiger partial charge is 0.329 e. The van der Waals surface area contributed by atoms with Gasteiger partial charge < -0.3 is 10.6 Å². The summed E-state index contributed by atoms with van der Waals surface area (Å²) in [6, 6.07) is 18.3. The zero-order valence-electron chi connectivity index (χ0n) is 16.1. The van der Waals surface area contributed by atoms with E-state index < -0.39 is 43.2 Å². The fraction of sp³-hybridized carbons (Fsp3) is 0.100. The quantitative estimate of drug-likeness (QED) is 0.373. The van der Waals surface area contributed by atoms with E-state index in [-0.39, 0.29) is 13.1 Å². The molecule has 158 valence electrons. The lowest BCUT2D eigenvalue weighted by molar-refractivity contribution is -0.400. The Morgan fingerprint density at radius 3 is 1.32 bits per heavy atom. The summed E-state index contributed by atoms with van der Waals surface area (Å²) < 4.78 is 0. The molecule has 0 radical (unpaired) electrons. The van der Waals surface area contributed by atoms with Gasteiger partial charge >= 0.3 is 17.1 Å². The molecule has 0 bridgehead atoms. The minimum absolute atomic E-state index is 0.0540.